The number of rotatable bonds is 7. The average molecular weight is 356 g/mol. The number of ether oxygens (including phenoxy) is 2. The Morgan fingerprint density at radius 2 is 2.00 bits per heavy atom. The molecule has 0 radical (unpaired) electrons. The summed E-state index contributed by atoms with van der Waals surface area (Å²) in [5, 5.41) is 6.39. The minimum absolute atomic E-state index is 0.448. The van der Waals surface area contributed by atoms with Gasteiger partial charge < -0.3 is 25.8 Å². The molecule has 0 unspecified atom stereocenters. The molecule has 0 aliphatic heterocycles. The van der Waals surface area contributed by atoms with E-state index in [0.29, 0.717) is 36.2 Å². The summed E-state index contributed by atoms with van der Waals surface area (Å²) in [5.74, 6) is 1.46. The van der Waals surface area contributed by atoms with Crippen LogP contribution in [0.2, 0.25) is 0 Å². The van der Waals surface area contributed by atoms with Crippen molar-refractivity contribution < 1.29 is 14.3 Å². The first-order chi connectivity index (χ1) is 12.6. The van der Waals surface area contributed by atoms with E-state index >= 15 is 0 Å². The topological polar surface area (TPSA) is 98.0 Å². The van der Waals surface area contributed by atoms with E-state index in [1.807, 2.05) is 31.2 Å². The minimum Gasteiger partial charge on any atom is -0.493 e. The maximum atomic E-state index is 11.3. The van der Waals surface area contributed by atoms with Crippen molar-refractivity contribution in [3.8, 4) is 11.5 Å². The van der Waals surface area contributed by atoms with Gasteiger partial charge in [-0.2, -0.15) is 0 Å². The summed E-state index contributed by atoms with van der Waals surface area (Å²) in [5.41, 5.74) is 7.53. The van der Waals surface area contributed by atoms with Crippen LogP contribution in [0.3, 0.4) is 0 Å². The zero-order valence-electron chi connectivity index (χ0n) is 15.2. The SMILES string of the molecule is CCOc1cc(NC(=NC)NCc2cccc(C(N)=O)c2)ccc1OC. The lowest BCUT2D eigenvalue weighted by Crippen LogP contribution is -2.30. The molecular formula is C19H24N4O3. The molecule has 0 aliphatic carbocycles. The van der Waals surface area contributed by atoms with Crippen LogP contribution in [-0.4, -0.2) is 32.6 Å². The highest BCUT2D eigenvalue weighted by Gasteiger charge is 2.07. The number of carbonyl (C=O) groups excluding carboxylic acids is 1. The molecule has 0 spiro atoms. The first kappa shape index (κ1) is 19.1. The van der Waals surface area contributed by atoms with Crippen molar-refractivity contribution in [3.63, 3.8) is 0 Å². The molecule has 1 amide bonds. The summed E-state index contributed by atoms with van der Waals surface area (Å²) in [7, 11) is 3.29. The molecule has 0 saturated carbocycles. The van der Waals surface area contributed by atoms with Crippen molar-refractivity contribution in [2.75, 3.05) is 26.1 Å². The van der Waals surface area contributed by atoms with Crippen LogP contribution in [0.25, 0.3) is 0 Å². The van der Waals surface area contributed by atoms with Crippen LogP contribution in [0.15, 0.2) is 47.5 Å². The number of amides is 1. The third-order valence-electron chi connectivity index (χ3n) is 3.62. The van der Waals surface area contributed by atoms with Gasteiger partial charge in [0.2, 0.25) is 5.91 Å². The second kappa shape index (κ2) is 9.31. The minimum atomic E-state index is -0.448. The Balaban J connectivity index is 2.05. The van der Waals surface area contributed by atoms with E-state index in [-0.39, 0.29) is 0 Å². The maximum Gasteiger partial charge on any atom is 0.248 e. The summed E-state index contributed by atoms with van der Waals surface area (Å²) in [4.78, 5) is 15.5. The molecule has 138 valence electrons. The van der Waals surface area contributed by atoms with Gasteiger partial charge in [0.25, 0.3) is 0 Å². The molecule has 0 saturated heterocycles. The fourth-order valence-corrected chi connectivity index (χ4v) is 2.36. The van der Waals surface area contributed by atoms with Gasteiger partial charge in [-0.3, -0.25) is 9.79 Å². The van der Waals surface area contributed by atoms with Crippen LogP contribution in [0.1, 0.15) is 22.8 Å². The number of nitrogens with zero attached hydrogens (tertiary/aromatic N) is 1. The Hall–Kier alpha value is -3.22. The molecule has 2 rings (SSSR count). The highest BCUT2D eigenvalue weighted by atomic mass is 16.5. The Bertz CT molecular complexity index is 790. The molecule has 0 aromatic heterocycles. The standard InChI is InChI=1S/C19H24N4O3/c1-4-26-17-11-15(8-9-16(17)25-3)23-19(21-2)22-12-13-6-5-7-14(10-13)18(20)24/h5-11H,4,12H2,1-3H3,(H2,20,24)(H2,21,22,23). The molecule has 7 nitrogen and oxygen atoms in total. The zero-order valence-corrected chi connectivity index (χ0v) is 15.2. The van der Waals surface area contributed by atoms with Crippen molar-refractivity contribution in [2.24, 2.45) is 10.7 Å². The van der Waals surface area contributed by atoms with Gasteiger partial charge in [-0.05, 0) is 36.8 Å². The van der Waals surface area contributed by atoms with Gasteiger partial charge >= 0.3 is 0 Å². The number of methoxy groups -OCH3 is 1. The van der Waals surface area contributed by atoms with Crippen molar-refractivity contribution in [2.45, 2.75) is 13.5 Å². The van der Waals surface area contributed by atoms with Gasteiger partial charge in [0.05, 0.1) is 13.7 Å². The highest BCUT2D eigenvalue weighted by molar-refractivity contribution is 5.94. The molecular weight excluding hydrogens is 332 g/mol. The number of benzene rings is 2. The third-order valence-corrected chi connectivity index (χ3v) is 3.62. The van der Waals surface area contributed by atoms with Gasteiger partial charge in [-0.25, -0.2) is 0 Å². The van der Waals surface area contributed by atoms with Crippen molar-refractivity contribution in [1.82, 2.24) is 5.32 Å². The first-order valence-corrected chi connectivity index (χ1v) is 8.24. The fourth-order valence-electron chi connectivity index (χ4n) is 2.36. The molecule has 4 N–H and O–H groups in total. The van der Waals surface area contributed by atoms with E-state index < -0.39 is 5.91 Å². The number of nitrogens with one attached hydrogen (secondary N) is 2. The largest absolute Gasteiger partial charge is 0.493 e. The molecule has 0 atom stereocenters. The van der Waals surface area contributed by atoms with Crippen molar-refractivity contribution >= 4 is 17.6 Å². The number of guanidine groups is 1. The Morgan fingerprint density at radius 3 is 2.65 bits per heavy atom. The summed E-state index contributed by atoms with van der Waals surface area (Å²) < 4.78 is 10.9. The van der Waals surface area contributed by atoms with Crippen LogP contribution in [0.5, 0.6) is 11.5 Å². The summed E-state index contributed by atoms with van der Waals surface area (Å²) in [6, 6.07) is 12.7. The highest BCUT2D eigenvalue weighted by Crippen LogP contribution is 2.30. The third kappa shape index (κ3) is 5.14. The Labute approximate surface area is 153 Å². The van der Waals surface area contributed by atoms with Gasteiger partial charge in [-0.1, -0.05) is 12.1 Å². The van der Waals surface area contributed by atoms with Crippen molar-refractivity contribution in [3.05, 3.63) is 53.6 Å². The normalized spacial score (nSPS) is 11.0. The maximum absolute atomic E-state index is 11.3. The first-order valence-electron chi connectivity index (χ1n) is 8.24. The van der Waals surface area contributed by atoms with Gasteiger partial charge in [-0.15, -0.1) is 0 Å². The van der Waals surface area contributed by atoms with Gasteiger partial charge in [0.1, 0.15) is 0 Å². The number of carbonyl (C=O) groups is 1. The molecule has 2 aromatic carbocycles. The monoisotopic (exact) mass is 356 g/mol. The van der Waals surface area contributed by atoms with Gasteiger partial charge in [0.15, 0.2) is 17.5 Å². The molecule has 0 fully saturated rings. The van der Waals surface area contributed by atoms with Gasteiger partial charge in [0, 0.05) is 30.9 Å². The Kier molecular flexibility index (Phi) is 6.84. The molecule has 26 heavy (non-hydrogen) atoms. The number of nitrogens with two attached hydrogens (primary N) is 1. The van der Waals surface area contributed by atoms with E-state index in [4.69, 9.17) is 15.2 Å². The zero-order chi connectivity index (χ0) is 18.9. The molecule has 7 heteroatoms. The predicted octanol–water partition coefficient (Wildman–Crippen LogP) is 2.38. The number of hydrogen-bond acceptors (Lipinski definition) is 4. The smallest absolute Gasteiger partial charge is 0.248 e. The second-order valence-corrected chi connectivity index (χ2v) is 5.41. The number of aliphatic imine (C=N–C) groups is 1. The molecule has 0 aliphatic rings. The van der Waals surface area contributed by atoms with Crippen LogP contribution >= 0.6 is 0 Å². The van der Waals surface area contributed by atoms with Crippen LogP contribution in [0, 0.1) is 0 Å². The lowest BCUT2D eigenvalue weighted by atomic mass is 10.1. The molecule has 2 aromatic rings. The van der Waals surface area contributed by atoms with E-state index in [2.05, 4.69) is 15.6 Å². The second-order valence-electron chi connectivity index (χ2n) is 5.41. The van der Waals surface area contributed by atoms with E-state index in [9.17, 15) is 4.79 Å². The number of anilines is 1. The summed E-state index contributed by atoms with van der Waals surface area (Å²) in [6.45, 7) is 2.96. The number of hydrogen-bond donors (Lipinski definition) is 3. The lowest BCUT2D eigenvalue weighted by molar-refractivity contribution is 0.1000. The summed E-state index contributed by atoms with van der Waals surface area (Å²) >= 11 is 0. The number of primary amides is 1. The van der Waals surface area contributed by atoms with Crippen LogP contribution in [0.4, 0.5) is 5.69 Å². The quantitative estimate of drug-likeness (QED) is 0.523. The average Bonchev–Trinajstić information content (AvgIpc) is 2.65. The predicted molar refractivity (Wildman–Crippen MR) is 103 cm³/mol. The Morgan fingerprint density at radius 1 is 1.19 bits per heavy atom. The summed E-state index contributed by atoms with van der Waals surface area (Å²) in [6.07, 6.45) is 0. The van der Waals surface area contributed by atoms with E-state index in [0.717, 1.165) is 11.3 Å². The van der Waals surface area contributed by atoms with Crippen LogP contribution < -0.4 is 25.8 Å². The molecule has 0 bridgehead atoms. The van der Waals surface area contributed by atoms with Crippen LogP contribution in [-0.2, 0) is 6.54 Å². The van der Waals surface area contributed by atoms with Crippen molar-refractivity contribution in [1.29, 1.82) is 0 Å². The van der Waals surface area contributed by atoms with E-state index in [1.54, 1.807) is 32.4 Å². The molecule has 0 heterocycles. The fraction of sp³-hybridized carbons (Fsp3) is 0.263. The van der Waals surface area contributed by atoms with E-state index in [1.165, 1.54) is 0 Å². The lowest BCUT2D eigenvalue weighted by Gasteiger charge is -2.15.